The van der Waals surface area contributed by atoms with Gasteiger partial charge in [0.25, 0.3) is 5.91 Å². The van der Waals surface area contributed by atoms with Crippen LogP contribution in [0.25, 0.3) is 0 Å². The van der Waals surface area contributed by atoms with Crippen LogP contribution < -0.4 is 10.9 Å². The summed E-state index contributed by atoms with van der Waals surface area (Å²) in [6.45, 7) is 0.699. The highest BCUT2D eigenvalue weighted by Gasteiger charge is 2.22. The average molecular weight is 123 g/mol. The Kier molecular flexibility index (Phi) is 0.738. The molecule has 46 valence electrons. The second kappa shape index (κ2) is 1.41. The first-order chi connectivity index (χ1) is 4.38. The van der Waals surface area contributed by atoms with Crippen molar-refractivity contribution in [3.63, 3.8) is 0 Å². The Morgan fingerprint density at radius 1 is 1.67 bits per heavy atom. The highest BCUT2D eigenvalue weighted by molar-refractivity contribution is 6.10. The summed E-state index contributed by atoms with van der Waals surface area (Å²) in [4.78, 5) is 14.3. The highest BCUT2D eigenvalue weighted by Crippen LogP contribution is 2.10. The van der Waals surface area contributed by atoms with Crippen molar-refractivity contribution in [2.45, 2.75) is 0 Å². The summed E-state index contributed by atoms with van der Waals surface area (Å²) in [6.07, 6.45) is 1.59. The van der Waals surface area contributed by atoms with E-state index in [0.717, 1.165) is 5.57 Å². The van der Waals surface area contributed by atoms with Gasteiger partial charge in [-0.15, -0.1) is 0 Å². The van der Waals surface area contributed by atoms with E-state index in [2.05, 4.69) is 15.8 Å². The van der Waals surface area contributed by atoms with E-state index in [0.29, 0.717) is 12.2 Å². The summed E-state index contributed by atoms with van der Waals surface area (Å²) in [5, 5.41) is 0. The maximum atomic E-state index is 10.7. The molecule has 1 amide bonds. The first kappa shape index (κ1) is 4.69. The molecule has 0 saturated heterocycles. The Bertz CT molecular complexity index is 222. The van der Waals surface area contributed by atoms with Crippen molar-refractivity contribution in [1.29, 1.82) is 0 Å². The van der Waals surface area contributed by atoms with Gasteiger partial charge in [-0.2, -0.15) is 0 Å². The molecule has 2 aliphatic heterocycles. The topological polar surface area (TPSA) is 53.5 Å². The van der Waals surface area contributed by atoms with Gasteiger partial charge >= 0.3 is 0 Å². The third kappa shape index (κ3) is 0.503. The lowest BCUT2D eigenvalue weighted by atomic mass is 10.3. The van der Waals surface area contributed by atoms with E-state index in [9.17, 15) is 4.79 Å². The third-order valence-corrected chi connectivity index (χ3v) is 1.36. The van der Waals surface area contributed by atoms with Crippen LogP contribution in [0.15, 0.2) is 16.3 Å². The summed E-state index contributed by atoms with van der Waals surface area (Å²) >= 11 is 0. The van der Waals surface area contributed by atoms with Gasteiger partial charge in [0.15, 0.2) is 0 Å². The van der Waals surface area contributed by atoms with Crippen LogP contribution in [0, 0.1) is 0 Å². The summed E-state index contributed by atoms with van der Waals surface area (Å²) < 4.78 is 0. The van der Waals surface area contributed by atoms with Crippen molar-refractivity contribution in [2.75, 3.05) is 6.54 Å². The lowest BCUT2D eigenvalue weighted by molar-refractivity contribution is -0.114. The minimum Gasteiger partial charge on any atom is -0.316 e. The molecule has 0 bridgehead atoms. The summed E-state index contributed by atoms with van der Waals surface area (Å²) in [6, 6.07) is 0. The molecule has 0 aromatic rings. The summed E-state index contributed by atoms with van der Waals surface area (Å²) in [5.41, 5.74) is 7.11. The summed E-state index contributed by atoms with van der Waals surface area (Å²) in [5.74, 6) is -0.171. The molecule has 4 nitrogen and oxygen atoms in total. The van der Waals surface area contributed by atoms with Crippen molar-refractivity contribution in [2.24, 2.45) is 4.99 Å². The highest BCUT2D eigenvalue weighted by atomic mass is 16.1. The predicted octanol–water partition coefficient (Wildman–Crippen LogP) is -1.04. The Hall–Kier alpha value is -1.16. The van der Waals surface area contributed by atoms with Crippen LogP contribution >= 0.6 is 0 Å². The SMILES string of the molecule is O=C1N=CC2=C1NNC2. The molecule has 0 atom stereocenters. The molecule has 0 aromatic carbocycles. The molecular weight excluding hydrogens is 118 g/mol. The van der Waals surface area contributed by atoms with E-state index in [1.165, 1.54) is 0 Å². The van der Waals surface area contributed by atoms with E-state index in [-0.39, 0.29) is 5.91 Å². The van der Waals surface area contributed by atoms with E-state index >= 15 is 0 Å². The standard InChI is InChI=1S/C5H5N3O/c9-5-4-3(1-6-5)2-7-8-4/h1,7-8H,2H2. The van der Waals surface area contributed by atoms with Gasteiger partial charge in [0.1, 0.15) is 5.70 Å². The van der Waals surface area contributed by atoms with Crippen LogP contribution in [0.2, 0.25) is 0 Å². The Morgan fingerprint density at radius 2 is 2.56 bits per heavy atom. The zero-order valence-corrected chi connectivity index (χ0v) is 4.64. The average Bonchev–Trinajstić information content (AvgIpc) is 2.35. The minimum absolute atomic E-state index is 0.171. The zero-order chi connectivity index (χ0) is 6.27. The monoisotopic (exact) mass is 123 g/mol. The molecule has 4 heteroatoms. The first-order valence-electron chi connectivity index (χ1n) is 2.68. The number of nitrogens with one attached hydrogen (secondary N) is 2. The molecule has 2 heterocycles. The molecule has 0 aliphatic carbocycles. The van der Waals surface area contributed by atoms with E-state index < -0.39 is 0 Å². The number of carbonyl (C=O) groups excluding carboxylic acids is 1. The van der Waals surface area contributed by atoms with Crippen LogP contribution in [0.1, 0.15) is 0 Å². The second-order valence-corrected chi connectivity index (χ2v) is 1.94. The van der Waals surface area contributed by atoms with Gasteiger partial charge in [0.2, 0.25) is 0 Å². The largest absolute Gasteiger partial charge is 0.316 e. The molecule has 0 aromatic heterocycles. The van der Waals surface area contributed by atoms with Gasteiger partial charge < -0.3 is 5.43 Å². The Balaban J connectivity index is 2.44. The van der Waals surface area contributed by atoms with Crippen molar-refractivity contribution in [1.82, 2.24) is 10.9 Å². The van der Waals surface area contributed by atoms with Crippen LogP contribution in [-0.2, 0) is 4.79 Å². The van der Waals surface area contributed by atoms with Crippen LogP contribution in [0.5, 0.6) is 0 Å². The maximum absolute atomic E-state index is 10.7. The van der Waals surface area contributed by atoms with Crippen LogP contribution in [0.4, 0.5) is 0 Å². The van der Waals surface area contributed by atoms with Gasteiger partial charge in [-0.25, -0.2) is 10.4 Å². The molecular formula is C5H5N3O. The molecule has 0 unspecified atom stereocenters. The second-order valence-electron chi connectivity index (χ2n) is 1.94. The van der Waals surface area contributed by atoms with Crippen molar-refractivity contribution < 1.29 is 4.79 Å². The molecule has 0 spiro atoms. The van der Waals surface area contributed by atoms with Gasteiger partial charge in [-0.3, -0.25) is 4.79 Å². The summed E-state index contributed by atoms with van der Waals surface area (Å²) in [7, 11) is 0. The van der Waals surface area contributed by atoms with E-state index in [1.807, 2.05) is 0 Å². The molecule has 0 radical (unpaired) electrons. The smallest absolute Gasteiger partial charge is 0.294 e. The minimum atomic E-state index is -0.171. The Labute approximate surface area is 51.6 Å². The quantitative estimate of drug-likeness (QED) is 0.432. The number of amides is 1. The number of carbonyl (C=O) groups is 1. The fourth-order valence-electron chi connectivity index (χ4n) is 0.899. The molecule has 2 rings (SSSR count). The zero-order valence-electron chi connectivity index (χ0n) is 4.64. The number of hydrogen-bond acceptors (Lipinski definition) is 3. The van der Waals surface area contributed by atoms with Crippen LogP contribution in [-0.4, -0.2) is 18.7 Å². The predicted molar refractivity (Wildman–Crippen MR) is 31.7 cm³/mol. The molecule has 2 N–H and O–H groups in total. The lowest BCUT2D eigenvalue weighted by Crippen LogP contribution is -2.26. The van der Waals surface area contributed by atoms with Crippen LogP contribution in [0.3, 0.4) is 0 Å². The van der Waals surface area contributed by atoms with E-state index in [1.54, 1.807) is 6.21 Å². The van der Waals surface area contributed by atoms with Crippen molar-refractivity contribution >= 4 is 12.1 Å². The normalized spacial score (nSPS) is 22.9. The van der Waals surface area contributed by atoms with Gasteiger partial charge in [0.05, 0.1) is 0 Å². The van der Waals surface area contributed by atoms with Gasteiger partial charge in [0, 0.05) is 18.3 Å². The number of rotatable bonds is 0. The first-order valence-corrected chi connectivity index (χ1v) is 2.68. The third-order valence-electron chi connectivity index (χ3n) is 1.36. The molecule has 0 fully saturated rings. The Morgan fingerprint density at radius 3 is 3.33 bits per heavy atom. The molecule has 9 heavy (non-hydrogen) atoms. The van der Waals surface area contributed by atoms with Crippen molar-refractivity contribution in [3.05, 3.63) is 11.3 Å². The maximum Gasteiger partial charge on any atom is 0.294 e. The van der Waals surface area contributed by atoms with E-state index in [4.69, 9.17) is 0 Å². The van der Waals surface area contributed by atoms with Gasteiger partial charge in [-0.1, -0.05) is 0 Å². The molecule has 0 saturated carbocycles. The number of nitrogens with zero attached hydrogens (tertiary/aromatic N) is 1. The number of hydrazine groups is 1. The lowest BCUT2D eigenvalue weighted by Gasteiger charge is -1.94. The fourth-order valence-corrected chi connectivity index (χ4v) is 0.899. The number of aliphatic imine (C=N–C) groups is 1. The van der Waals surface area contributed by atoms with Crippen molar-refractivity contribution in [3.8, 4) is 0 Å². The fraction of sp³-hybridized carbons (Fsp3) is 0.200. The number of hydrogen-bond donors (Lipinski definition) is 2. The molecule has 2 aliphatic rings. The van der Waals surface area contributed by atoms with Gasteiger partial charge in [-0.05, 0) is 0 Å².